The molecule has 0 fully saturated rings. The fourth-order valence-corrected chi connectivity index (χ4v) is 1.53. The summed E-state index contributed by atoms with van der Waals surface area (Å²) in [6.07, 6.45) is 0. The first-order chi connectivity index (χ1) is 8.11. The van der Waals surface area contributed by atoms with Crippen molar-refractivity contribution in [3.8, 4) is 22.6 Å². The molecular weight excluding hydrogens is 226 g/mol. The van der Waals surface area contributed by atoms with Crippen LogP contribution in [0.25, 0.3) is 11.1 Å². The van der Waals surface area contributed by atoms with E-state index in [9.17, 15) is 8.78 Å². The van der Waals surface area contributed by atoms with Gasteiger partial charge in [0.25, 0.3) is 0 Å². The average molecular weight is 236 g/mol. The molecule has 0 radical (unpaired) electrons. The van der Waals surface area contributed by atoms with E-state index in [1.807, 2.05) is 0 Å². The topological polar surface area (TPSA) is 29.5 Å². The Bertz CT molecular complexity index is 553. The highest BCUT2D eigenvalue weighted by Crippen LogP contribution is 2.28. The number of aromatic hydroxyl groups is 1. The predicted molar refractivity (Wildman–Crippen MR) is 60.0 cm³/mol. The van der Waals surface area contributed by atoms with E-state index in [1.165, 1.54) is 31.4 Å². The van der Waals surface area contributed by atoms with Crippen molar-refractivity contribution in [2.75, 3.05) is 7.11 Å². The van der Waals surface area contributed by atoms with Gasteiger partial charge in [0.2, 0.25) is 0 Å². The largest absolute Gasteiger partial charge is 0.505 e. The summed E-state index contributed by atoms with van der Waals surface area (Å²) < 4.78 is 31.4. The molecule has 17 heavy (non-hydrogen) atoms. The summed E-state index contributed by atoms with van der Waals surface area (Å²) in [4.78, 5) is 0. The molecule has 2 aromatic rings. The lowest BCUT2D eigenvalue weighted by Gasteiger charge is -2.06. The number of ether oxygens (including phenoxy) is 1. The first kappa shape index (κ1) is 11.4. The van der Waals surface area contributed by atoms with Crippen LogP contribution in [0.5, 0.6) is 11.5 Å². The zero-order valence-electron chi connectivity index (χ0n) is 9.08. The van der Waals surface area contributed by atoms with Gasteiger partial charge >= 0.3 is 0 Å². The summed E-state index contributed by atoms with van der Waals surface area (Å²) >= 11 is 0. The summed E-state index contributed by atoms with van der Waals surface area (Å²) in [6.45, 7) is 0. The van der Waals surface area contributed by atoms with Crippen LogP contribution in [0.15, 0.2) is 36.4 Å². The molecule has 0 saturated carbocycles. The van der Waals surface area contributed by atoms with E-state index in [0.717, 1.165) is 6.07 Å². The number of phenols is 1. The number of phenolic OH excluding ortho intramolecular Hbond substituents is 1. The second kappa shape index (κ2) is 4.41. The molecule has 2 aromatic carbocycles. The monoisotopic (exact) mass is 236 g/mol. The average Bonchev–Trinajstić information content (AvgIpc) is 2.32. The zero-order chi connectivity index (χ0) is 12.4. The number of halogens is 2. The van der Waals surface area contributed by atoms with Crippen LogP contribution >= 0.6 is 0 Å². The van der Waals surface area contributed by atoms with Crippen LogP contribution in [0.3, 0.4) is 0 Å². The highest BCUT2D eigenvalue weighted by Gasteiger charge is 2.07. The molecule has 0 heterocycles. The van der Waals surface area contributed by atoms with Gasteiger partial charge < -0.3 is 9.84 Å². The Balaban J connectivity index is 2.46. The van der Waals surface area contributed by atoms with Crippen molar-refractivity contribution in [1.82, 2.24) is 0 Å². The van der Waals surface area contributed by atoms with Gasteiger partial charge in [-0.3, -0.25) is 0 Å². The molecule has 0 amide bonds. The minimum absolute atomic E-state index is 0.132. The maximum Gasteiger partial charge on any atom is 0.165 e. The molecule has 4 heteroatoms. The minimum atomic E-state index is -0.737. The van der Waals surface area contributed by atoms with Crippen molar-refractivity contribution in [3.63, 3.8) is 0 Å². The fourth-order valence-electron chi connectivity index (χ4n) is 1.53. The molecule has 88 valence electrons. The van der Waals surface area contributed by atoms with Gasteiger partial charge in [-0.05, 0) is 35.4 Å². The third-order valence-corrected chi connectivity index (χ3v) is 2.43. The van der Waals surface area contributed by atoms with E-state index in [4.69, 9.17) is 9.84 Å². The van der Waals surface area contributed by atoms with Gasteiger partial charge in [0.15, 0.2) is 23.1 Å². The third kappa shape index (κ3) is 2.20. The molecule has 0 aliphatic heterocycles. The number of benzene rings is 2. The lowest BCUT2D eigenvalue weighted by atomic mass is 10.1. The molecule has 0 unspecified atom stereocenters. The van der Waals surface area contributed by atoms with E-state index in [-0.39, 0.29) is 5.75 Å². The van der Waals surface area contributed by atoms with Gasteiger partial charge in [0.05, 0.1) is 7.11 Å². The molecule has 1 N–H and O–H groups in total. The second-order valence-electron chi connectivity index (χ2n) is 3.52. The smallest absolute Gasteiger partial charge is 0.165 e. The van der Waals surface area contributed by atoms with Gasteiger partial charge in [-0.25, -0.2) is 8.78 Å². The lowest BCUT2D eigenvalue weighted by Crippen LogP contribution is -1.89. The molecule has 2 nitrogen and oxygen atoms in total. The SMILES string of the molecule is COc1ccc(-c2ccc(O)c(F)c2)cc1F. The van der Waals surface area contributed by atoms with Crippen LogP contribution < -0.4 is 4.74 Å². The molecule has 0 saturated heterocycles. The fraction of sp³-hybridized carbons (Fsp3) is 0.0769. The molecule has 0 spiro atoms. The Labute approximate surface area is 97.1 Å². The van der Waals surface area contributed by atoms with Gasteiger partial charge in [-0.1, -0.05) is 12.1 Å². The van der Waals surface area contributed by atoms with Crippen LogP contribution in [-0.4, -0.2) is 12.2 Å². The molecule has 0 aliphatic carbocycles. The van der Waals surface area contributed by atoms with Crippen molar-refractivity contribution in [1.29, 1.82) is 0 Å². The van der Waals surface area contributed by atoms with E-state index in [2.05, 4.69) is 0 Å². The Morgan fingerprint density at radius 1 is 0.941 bits per heavy atom. The summed E-state index contributed by atoms with van der Waals surface area (Å²) in [5, 5.41) is 9.06. The van der Waals surface area contributed by atoms with Gasteiger partial charge in [0.1, 0.15) is 0 Å². The number of methoxy groups -OCH3 is 1. The van der Waals surface area contributed by atoms with Crippen molar-refractivity contribution in [2.45, 2.75) is 0 Å². The van der Waals surface area contributed by atoms with E-state index < -0.39 is 17.4 Å². The van der Waals surface area contributed by atoms with Gasteiger partial charge in [0, 0.05) is 0 Å². The predicted octanol–water partition coefficient (Wildman–Crippen LogP) is 3.35. The van der Waals surface area contributed by atoms with E-state index >= 15 is 0 Å². The van der Waals surface area contributed by atoms with Crippen molar-refractivity contribution in [2.24, 2.45) is 0 Å². The van der Waals surface area contributed by atoms with Crippen LogP contribution in [0, 0.1) is 11.6 Å². The first-order valence-corrected chi connectivity index (χ1v) is 4.94. The van der Waals surface area contributed by atoms with Crippen molar-refractivity contribution < 1.29 is 18.6 Å². The Kier molecular flexibility index (Phi) is 2.95. The number of hydrogen-bond donors (Lipinski definition) is 1. The van der Waals surface area contributed by atoms with Crippen LogP contribution in [-0.2, 0) is 0 Å². The Hall–Kier alpha value is -2.10. The molecule has 0 bridgehead atoms. The van der Waals surface area contributed by atoms with Crippen LogP contribution in [0.2, 0.25) is 0 Å². The molecule has 0 aliphatic rings. The van der Waals surface area contributed by atoms with Crippen LogP contribution in [0.4, 0.5) is 8.78 Å². The highest BCUT2D eigenvalue weighted by atomic mass is 19.1. The number of rotatable bonds is 2. The van der Waals surface area contributed by atoms with Crippen molar-refractivity contribution >= 4 is 0 Å². The van der Waals surface area contributed by atoms with Crippen molar-refractivity contribution in [3.05, 3.63) is 48.0 Å². The highest BCUT2D eigenvalue weighted by molar-refractivity contribution is 5.65. The standard InChI is InChI=1S/C13H10F2O2/c1-17-13-5-3-9(7-11(13)15)8-2-4-12(16)10(14)6-8/h2-7,16H,1H3. The van der Waals surface area contributed by atoms with Gasteiger partial charge in [-0.15, -0.1) is 0 Å². The maximum atomic E-state index is 13.4. The summed E-state index contributed by atoms with van der Waals surface area (Å²) in [7, 11) is 1.37. The van der Waals surface area contributed by atoms with E-state index in [1.54, 1.807) is 6.07 Å². The summed E-state index contributed by atoms with van der Waals surface area (Å²) in [5.41, 5.74) is 1.00. The lowest BCUT2D eigenvalue weighted by molar-refractivity contribution is 0.386. The second-order valence-corrected chi connectivity index (χ2v) is 3.52. The Morgan fingerprint density at radius 2 is 1.53 bits per heavy atom. The summed E-state index contributed by atoms with van der Waals surface area (Å²) in [6, 6.07) is 8.23. The maximum absolute atomic E-state index is 13.4. The van der Waals surface area contributed by atoms with Gasteiger partial charge in [-0.2, -0.15) is 0 Å². The zero-order valence-corrected chi connectivity index (χ0v) is 9.08. The Morgan fingerprint density at radius 3 is 2.06 bits per heavy atom. The number of hydrogen-bond acceptors (Lipinski definition) is 2. The molecular formula is C13H10F2O2. The quantitative estimate of drug-likeness (QED) is 0.866. The minimum Gasteiger partial charge on any atom is -0.505 e. The third-order valence-electron chi connectivity index (χ3n) is 2.43. The molecule has 0 aromatic heterocycles. The molecule has 2 rings (SSSR count). The van der Waals surface area contributed by atoms with E-state index in [0.29, 0.717) is 11.1 Å². The molecule has 0 atom stereocenters. The summed E-state index contributed by atoms with van der Waals surface area (Å²) in [5.74, 6) is -1.55. The van der Waals surface area contributed by atoms with Crippen LogP contribution in [0.1, 0.15) is 0 Å². The normalized spacial score (nSPS) is 10.3. The first-order valence-electron chi connectivity index (χ1n) is 4.94.